The molecule has 0 heterocycles. The van der Waals surface area contributed by atoms with Crippen LogP contribution in [0.15, 0.2) is 42.5 Å². The van der Waals surface area contributed by atoms with Crippen LogP contribution in [0.2, 0.25) is 0 Å². The third-order valence-corrected chi connectivity index (χ3v) is 3.34. The lowest BCUT2D eigenvalue weighted by Crippen LogP contribution is -2.35. The van der Waals surface area contributed by atoms with Crippen LogP contribution in [0.5, 0.6) is 5.75 Å². The number of rotatable bonds is 8. The predicted molar refractivity (Wildman–Crippen MR) is 81.9 cm³/mol. The average Bonchev–Trinajstić information content (AvgIpc) is 2.55. The molecule has 0 fully saturated rings. The van der Waals surface area contributed by atoms with Gasteiger partial charge in [-0.25, -0.2) is 8.78 Å². The third kappa shape index (κ3) is 5.28. The Balaban J connectivity index is 1.94. The van der Waals surface area contributed by atoms with E-state index in [1.54, 1.807) is 18.2 Å². The van der Waals surface area contributed by atoms with Gasteiger partial charge in [0.15, 0.2) is 0 Å². The van der Waals surface area contributed by atoms with Gasteiger partial charge < -0.3 is 20.3 Å². The number of nitrogens with one attached hydrogen (secondary N) is 1. The van der Waals surface area contributed by atoms with E-state index in [-0.39, 0.29) is 31.4 Å². The van der Waals surface area contributed by atoms with Crippen LogP contribution in [0.25, 0.3) is 0 Å². The summed E-state index contributed by atoms with van der Waals surface area (Å²) in [4.78, 5) is 0. The highest BCUT2D eigenvalue weighted by atomic mass is 19.1. The molecular weight excluding hydrogens is 304 g/mol. The van der Waals surface area contributed by atoms with Gasteiger partial charge in [-0.3, -0.25) is 0 Å². The first-order chi connectivity index (χ1) is 11.1. The van der Waals surface area contributed by atoms with Crippen molar-refractivity contribution in [2.45, 2.75) is 19.2 Å². The Bertz CT molecular complexity index is 633. The molecule has 6 heteroatoms. The third-order valence-electron chi connectivity index (χ3n) is 3.34. The molecule has 0 aliphatic heterocycles. The SMILES string of the molecule is OCC(CO)NCc1cccc(OCc2ccc(F)cc2F)c1. The molecule has 0 radical (unpaired) electrons. The molecule has 124 valence electrons. The van der Waals surface area contributed by atoms with E-state index in [2.05, 4.69) is 5.32 Å². The molecule has 2 aromatic carbocycles. The van der Waals surface area contributed by atoms with E-state index in [1.807, 2.05) is 6.07 Å². The fraction of sp³-hybridized carbons (Fsp3) is 0.294. The second kappa shape index (κ2) is 8.57. The second-order valence-corrected chi connectivity index (χ2v) is 5.11. The van der Waals surface area contributed by atoms with Gasteiger partial charge in [0.25, 0.3) is 0 Å². The van der Waals surface area contributed by atoms with Crippen LogP contribution in [0.1, 0.15) is 11.1 Å². The van der Waals surface area contributed by atoms with Gasteiger partial charge in [-0.1, -0.05) is 12.1 Å². The van der Waals surface area contributed by atoms with Crippen LogP contribution in [-0.4, -0.2) is 29.5 Å². The Labute approximate surface area is 133 Å². The summed E-state index contributed by atoms with van der Waals surface area (Å²) >= 11 is 0. The van der Waals surface area contributed by atoms with Crippen LogP contribution in [0, 0.1) is 11.6 Å². The molecule has 0 atom stereocenters. The molecule has 23 heavy (non-hydrogen) atoms. The molecule has 0 saturated heterocycles. The zero-order valence-electron chi connectivity index (χ0n) is 12.5. The summed E-state index contributed by atoms with van der Waals surface area (Å²) in [6.07, 6.45) is 0. The molecule has 0 bridgehead atoms. The maximum absolute atomic E-state index is 13.5. The van der Waals surface area contributed by atoms with E-state index in [1.165, 1.54) is 12.1 Å². The van der Waals surface area contributed by atoms with Crippen molar-refractivity contribution < 1.29 is 23.7 Å². The van der Waals surface area contributed by atoms with Crippen molar-refractivity contribution in [3.05, 3.63) is 65.2 Å². The van der Waals surface area contributed by atoms with Crippen LogP contribution in [0.3, 0.4) is 0 Å². The lowest BCUT2D eigenvalue weighted by Gasteiger charge is -2.14. The normalized spacial score (nSPS) is 11.0. The summed E-state index contributed by atoms with van der Waals surface area (Å²) in [6.45, 7) is 0.139. The number of aliphatic hydroxyl groups excluding tert-OH is 2. The number of aliphatic hydroxyl groups is 2. The predicted octanol–water partition coefficient (Wildman–Crippen LogP) is 1.99. The van der Waals surface area contributed by atoms with E-state index >= 15 is 0 Å². The van der Waals surface area contributed by atoms with E-state index < -0.39 is 11.6 Å². The standard InChI is InChI=1S/C17H19F2NO3/c18-14-5-4-13(17(19)7-14)11-23-16-3-1-2-12(6-16)8-20-15(9-21)10-22/h1-7,15,20-22H,8-11H2. The van der Waals surface area contributed by atoms with Crippen molar-refractivity contribution in [2.75, 3.05) is 13.2 Å². The van der Waals surface area contributed by atoms with Crippen LogP contribution >= 0.6 is 0 Å². The molecule has 0 amide bonds. The first-order valence-corrected chi connectivity index (χ1v) is 7.23. The highest BCUT2D eigenvalue weighted by molar-refractivity contribution is 5.29. The maximum atomic E-state index is 13.5. The molecule has 4 nitrogen and oxygen atoms in total. The van der Waals surface area contributed by atoms with Crippen LogP contribution in [-0.2, 0) is 13.2 Å². The smallest absolute Gasteiger partial charge is 0.132 e. The molecule has 0 aliphatic carbocycles. The van der Waals surface area contributed by atoms with Gasteiger partial charge >= 0.3 is 0 Å². The number of benzene rings is 2. The largest absolute Gasteiger partial charge is 0.489 e. The van der Waals surface area contributed by atoms with Crippen LogP contribution < -0.4 is 10.1 Å². The van der Waals surface area contributed by atoms with Crippen molar-refractivity contribution in [3.63, 3.8) is 0 Å². The Hall–Kier alpha value is -2.02. The van der Waals surface area contributed by atoms with Crippen molar-refractivity contribution in [1.29, 1.82) is 0 Å². The summed E-state index contributed by atoms with van der Waals surface area (Å²) in [7, 11) is 0. The van der Waals surface area contributed by atoms with E-state index in [4.69, 9.17) is 14.9 Å². The molecule has 0 unspecified atom stereocenters. The lowest BCUT2D eigenvalue weighted by atomic mass is 10.2. The van der Waals surface area contributed by atoms with Gasteiger partial charge in [-0.15, -0.1) is 0 Å². The van der Waals surface area contributed by atoms with Gasteiger partial charge in [0.05, 0.1) is 19.3 Å². The van der Waals surface area contributed by atoms with Crippen molar-refractivity contribution >= 4 is 0 Å². The summed E-state index contributed by atoms with van der Waals surface area (Å²) in [5.41, 5.74) is 1.17. The molecule has 2 rings (SSSR count). The van der Waals surface area contributed by atoms with Crippen molar-refractivity contribution in [1.82, 2.24) is 5.32 Å². The highest BCUT2D eigenvalue weighted by Gasteiger charge is 2.07. The summed E-state index contributed by atoms with van der Waals surface area (Å²) in [5, 5.41) is 21.0. The fourth-order valence-corrected chi connectivity index (χ4v) is 1.99. The Morgan fingerprint density at radius 2 is 1.83 bits per heavy atom. The van der Waals surface area contributed by atoms with E-state index in [0.717, 1.165) is 11.6 Å². The molecule has 0 aromatic heterocycles. The first kappa shape index (κ1) is 17.3. The monoisotopic (exact) mass is 323 g/mol. The van der Waals surface area contributed by atoms with Crippen molar-refractivity contribution in [2.24, 2.45) is 0 Å². The number of ether oxygens (including phenoxy) is 1. The highest BCUT2D eigenvalue weighted by Crippen LogP contribution is 2.17. The second-order valence-electron chi connectivity index (χ2n) is 5.11. The minimum absolute atomic E-state index is 0.00109. The average molecular weight is 323 g/mol. The fourth-order valence-electron chi connectivity index (χ4n) is 1.99. The summed E-state index contributed by atoms with van der Waals surface area (Å²) in [5.74, 6) is -0.712. The van der Waals surface area contributed by atoms with E-state index in [9.17, 15) is 8.78 Å². The molecule has 3 N–H and O–H groups in total. The molecule has 0 aliphatic rings. The quantitative estimate of drug-likeness (QED) is 0.695. The number of hydrogen-bond donors (Lipinski definition) is 3. The summed E-state index contributed by atoms with van der Waals surface area (Å²) in [6, 6.07) is 10.1. The van der Waals surface area contributed by atoms with Crippen LogP contribution in [0.4, 0.5) is 8.78 Å². The molecule has 0 spiro atoms. The zero-order valence-corrected chi connectivity index (χ0v) is 12.5. The van der Waals surface area contributed by atoms with E-state index in [0.29, 0.717) is 12.3 Å². The van der Waals surface area contributed by atoms with Gasteiger partial charge in [0, 0.05) is 18.2 Å². The van der Waals surface area contributed by atoms with Gasteiger partial charge in [-0.2, -0.15) is 0 Å². The lowest BCUT2D eigenvalue weighted by molar-refractivity contribution is 0.170. The van der Waals surface area contributed by atoms with Gasteiger partial charge in [0.1, 0.15) is 24.0 Å². The molecule has 0 saturated carbocycles. The Morgan fingerprint density at radius 1 is 1.04 bits per heavy atom. The van der Waals surface area contributed by atoms with Crippen molar-refractivity contribution in [3.8, 4) is 5.75 Å². The Morgan fingerprint density at radius 3 is 2.52 bits per heavy atom. The molecular formula is C17H19F2NO3. The minimum Gasteiger partial charge on any atom is -0.489 e. The maximum Gasteiger partial charge on any atom is 0.132 e. The zero-order chi connectivity index (χ0) is 16.7. The van der Waals surface area contributed by atoms with Gasteiger partial charge in [0.2, 0.25) is 0 Å². The topological polar surface area (TPSA) is 61.7 Å². The van der Waals surface area contributed by atoms with Gasteiger partial charge in [-0.05, 0) is 29.8 Å². The molecule has 2 aromatic rings. The number of hydrogen-bond acceptors (Lipinski definition) is 4. The Kier molecular flexibility index (Phi) is 6.46. The minimum atomic E-state index is -0.642. The first-order valence-electron chi connectivity index (χ1n) is 7.23. The summed E-state index contributed by atoms with van der Waals surface area (Å²) < 4.78 is 31.9. The number of halogens is 2.